The number of hydrogen-bond donors (Lipinski definition) is 3. The van der Waals surface area contributed by atoms with Gasteiger partial charge < -0.3 is 24.6 Å². The third-order valence-corrected chi connectivity index (χ3v) is 9.19. The second kappa shape index (κ2) is 41.1. The van der Waals surface area contributed by atoms with Gasteiger partial charge in [-0.25, -0.2) is 4.57 Å². The molecule has 324 valence electrons. The smallest absolute Gasteiger partial charge is 0.462 e. The van der Waals surface area contributed by atoms with Crippen molar-refractivity contribution < 1.29 is 47.8 Å². The molecule has 0 bridgehead atoms. The maximum Gasteiger partial charge on any atom is 0.472 e. The van der Waals surface area contributed by atoms with E-state index in [4.69, 9.17) is 19.1 Å². The first kappa shape index (κ1) is 53.9. The molecular weight excluding hydrogens is 743 g/mol. The minimum absolute atomic E-state index is 0.0502. The van der Waals surface area contributed by atoms with E-state index in [1.54, 1.807) is 0 Å². The second-order valence-corrected chi connectivity index (χ2v) is 15.1. The third-order valence-electron chi connectivity index (χ3n) is 8.24. The van der Waals surface area contributed by atoms with Crippen LogP contribution in [-0.4, -0.2) is 65.7 Å². The normalized spacial score (nSPS) is 14.8. The van der Waals surface area contributed by atoms with E-state index in [0.29, 0.717) is 12.8 Å². The van der Waals surface area contributed by atoms with Crippen LogP contribution in [0.3, 0.4) is 0 Å². The largest absolute Gasteiger partial charge is 0.472 e. The van der Waals surface area contributed by atoms with Gasteiger partial charge in [-0.15, -0.1) is 0 Å². The molecule has 10 nitrogen and oxygen atoms in total. The Morgan fingerprint density at radius 1 is 0.544 bits per heavy atom. The molecule has 0 fully saturated rings. The van der Waals surface area contributed by atoms with E-state index in [0.717, 1.165) is 83.5 Å². The van der Waals surface area contributed by atoms with E-state index in [-0.39, 0.29) is 19.4 Å². The maximum absolute atomic E-state index is 12.6. The van der Waals surface area contributed by atoms with Gasteiger partial charge in [0.15, 0.2) is 6.10 Å². The van der Waals surface area contributed by atoms with Crippen LogP contribution in [-0.2, 0) is 32.7 Å². The summed E-state index contributed by atoms with van der Waals surface area (Å²) in [6.45, 7) is 2.11. The first-order valence-corrected chi connectivity index (χ1v) is 22.7. The van der Waals surface area contributed by atoms with Crippen LogP contribution in [0, 0.1) is 0 Å². The molecule has 0 saturated heterocycles. The van der Waals surface area contributed by atoms with Crippen LogP contribution in [0.4, 0.5) is 0 Å². The molecule has 0 radical (unpaired) electrons. The molecule has 0 aromatic rings. The number of allylic oxidation sites excluding steroid dienone is 16. The molecule has 3 atom stereocenters. The van der Waals surface area contributed by atoms with Crippen LogP contribution in [0.1, 0.15) is 142 Å². The van der Waals surface area contributed by atoms with E-state index in [1.807, 2.05) is 12.2 Å². The van der Waals surface area contributed by atoms with Crippen LogP contribution in [0.15, 0.2) is 97.2 Å². The van der Waals surface area contributed by atoms with Gasteiger partial charge in [-0.3, -0.25) is 18.6 Å². The minimum Gasteiger partial charge on any atom is -0.462 e. The fourth-order valence-electron chi connectivity index (χ4n) is 4.99. The van der Waals surface area contributed by atoms with Crippen molar-refractivity contribution in [3.8, 4) is 0 Å². The fourth-order valence-corrected chi connectivity index (χ4v) is 5.78. The van der Waals surface area contributed by atoms with Crippen molar-refractivity contribution in [3.05, 3.63) is 97.2 Å². The highest BCUT2D eigenvalue weighted by atomic mass is 31.2. The molecular formula is C46H75O10P. The number of rotatable bonds is 38. The Morgan fingerprint density at radius 2 is 1.00 bits per heavy atom. The molecule has 0 amide bonds. The molecule has 0 aliphatic heterocycles. The van der Waals surface area contributed by atoms with Gasteiger partial charge >= 0.3 is 19.8 Å². The Labute approximate surface area is 344 Å². The number of phosphoric acid groups is 1. The van der Waals surface area contributed by atoms with E-state index < -0.39 is 51.8 Å². The molecule has 3 N–H and O–H groups in total. The zero-order chi connectivity index (χ0) is 41.9. The van der Waals surface area contributed by atoms with Gasteiger partial charge in [-0.1, -0.05) is 143 Å². The highest BCUT2D eigenvalue weighted by molar-refractivity contribution is 7.47. The van der Waals surface area contributed by atoms with E-state index in [2.05, 4.69) is 103 Å². The zero-order valence-electron chi connectivity index (χ0n) is 35.0. The van der Waals surface area contributed by atoms with Gasteiger partial charge in [0, 0.05) is 12.8 Å². The van der Waals surface area contributed by atoms with Gasteiger partial charge in [0.2, 0.25) is 0 Å². The highest BCUT2D eigenvalue weighted by Gasteiger charge is 2.27. The standard InChI is InChI=1S/C46H75O10P/c1-3-5-7-9-11-13-15-17-19-20-21-22-24-26-28-30-32-34-36-38-46(50)56-44(42-55-57(51,52)54-40-43(48)39-47)41-53-45(49)37-35-33-31-29-27-25-23-18-16-14-12-10-8-6-4-2/h5,7,11-14,17-19,21-23,26,28,32,34,43-44,47-48H,3-4,6,8-10,15-16,20,24-25,27,29-31,33,35-42H2,1-2H3,(H,51,52). The van der Waals surface area contributed by atoms with Crippen LogP contribution >= 0.6 is 7.82 Å². The number of hydrogen-bond acceptors (Lipinski definition) is 9. The lowest BCUT2D eigenvalue weighted by atomic mass is 10.1. The number of esters is 2. The summed E-state index contributed by atoms with van der Waals surface area (Å²) in [7, 11) is -4.65. The molecule has 0 spiro atoms. The van der Waals surface area contributed by atoms with Crippen LogP contribution in [0.5, 0.6) is 0 Å². The predicted molar refractivity (Wildman–Crippen MR) is 232 cm³/mol. The van der Waals surface area contributed by atoms with Crippen molar-refractivity contribution in [3.63, 3.8) is 0 Å². The number of carbonyl (C=O) groups excluding carboxylic acids is 2. The lowest BCUT2D eigenvalue weighted by molar-refractivity contribution is -0.161. The molecule has 0 heterocycles. The Balaban J connectivity index is 4.49. The van der Waals surface area contributed by atoms with E-state index >= 15 is 0 Å². The van der Waals surface area contributed by atoms with Crippen molar-refractivity contribution in [2.45, 2.75) is 154 Å². The zero-order valence-corrected chi connectivity index (χ0v) is 35.9. The van der Waals surface area contributed by atoms with Gasteiger partial charge in [-0.2, -0.15) is 0 Å². The molecule has 0 aromatic heterocycles. The van der Waals surface area contributed by atoms with Gasteiger partial charge in [0.25, 0.3) is 0 Å². The molecule has 0 aromatic carbocycles. The average Bonchev–Trinajstić information content (AvgIpc) is 3.20. The van der Waals surface area contributed by atoms with E-state index in [9.17, 15) is 24.2 Å². The van der Waals surface area contributed by atoms with E-state index in [1.165, 1.54) is 19.3 Å². The number of aliphatic hydroxyl groups excluding tert-OH is 2. The number of unbranched alkanes of at least 4 members (excludes halogenated alkanes) is 8. The Hall–Kier alpha value is -3.11. The molecule has 0 aliphatic rings. The van der Waals surface area contributed by atoms with Crippen molar-refractivity contribution in [1.29, 1.82) is 0 Å². The monoisotopic (exact) mass is 819 g/mol. The van der Waals surface area contributed by atoms with Crippen LogP contribution in [0.25, 0.3) is 0 Å². The van der Waals surface area contributed by atoms with Crippen molar-refractivity contribution >= 4 is 19.8 Å². The van der Waals surface area contributed by atoms with Crippen molar-refractivity contribution in [2.24, 2.45) is 0 Å². The summed E-state index contributed by atoms with van der Waals surface area (Å²) in [5, 5.41) is 18.3. The third kappa shape index (κ3) is 40.9. The number of phosphoric ester groups is 1. The highest BCUT2D eigenvalue weighted by Crippen LogP contribution is 2.43. The summed E-state index contributed by atoms with van der Waals surface area (Å²) in [5.41, 5.74) is 0. The van der Waals surface area contributed by atoms with Crippen LogP contribution < -0.4 is 0 Å². The quantitative estimate of drug-likeness (QED) is 0.0238. The summed E-state index contributed by atoms with van der Waals surface area (Å²) >= 11 is 0. The van der Waals surface area contributed by atoms with Gasteiger partial charge in [0.1, 0.15) is 12.7 Å². The van der Waals surface area contributed by atoms with Crippen molar-refractivity contribution in [1.82, 2.24) is 0 Å². The molecule has 0 saturated carbocycles. The molecule has 3 unspecified atom stereocenters. The number of carbonyl (C=O) groups is 2. The fraction of sp³-hybridized carbons (Fsp3) is 0.609. The first-order valence-electron chi connectivity index (χ1n) is 21.2. The topological polar surface area (TPSA) is 149 Å². The lowest BCUT2D eigenvalue weighted by Gasteiger charge is -2.20. The summed E-state index contributed by atoms with van der Waals surface area (Å²) in [6, 6.07) is 0. The average molecular weight is 819 g/mol. The minimum atomic E-state index is -4.65. The Bertz CT molecular complexity index is 1260. The van der Waals surface area contributed by atoms with Gasteiger partial charge in [-0.05, 0) is 83.5 Å². The van der Waals surface area contributed by atoms with Crippen molar-refractivity contribution in [2.75, 3.05) is 26.4 Å². The molecule has 57 heavy (non-hydrogen) atoms. The van der Waals surface area contributed by atoms with Crippen LogP contribution in [0.2, 0.25) is 0 Å². The second-order valence-electron chi connectivity index (χ2n) is 13.6. The summed E-state index contributed by atoms with van der Waals surface area (Å²) in [6.07, 6.45) is 49.6. The predicted octanol–water partition coefficient (Wildman–Crippen LogP) is 11.2. The Morgan fingerprint density at radius 3 is 1.53 bits per heavy atom. The number of ether oxygens (including phenoxy) is 2. The Kier molecular flexibility index (Phi) is 38.8. The summed E-state index contributed by atoms with van der Waals surface area (Å²) < 4.78 is 32.6. The van der Waals surface area contributed by atoms with Gasteiger partial charge in [0.05, 0.1) is 19.8 Å². The molecule has 0 aliphatic carbocycles. The molecule has 11 heteroatoms. The first-order chi connectivity index (χ1) is 27.7. The number of aliphatic hydroxyl groups is 2. The lowest BCUT2D eigenvalue weighted by Crippen LogP contribution is -2.29. The summed E-state index contributed by atoms with van der Waals surface area (Å²) in [4.78, 5) is 34.9. The molecule has 0 rings (SSSR count). The maximum atomic E-state index is 12.6. The SMILES string of the molecule is CCC=CCC=CCC=CCC=CCC=CCC=CCCC(=O)OC(COC(=O)CCCCCCCC=CCC=CCCCCC)COP(=O)(O)OCC(O)CO. The summed E-state index contributed by atoms with van der Waals surface area (Å²) in [5.74, 6) is -1.05.